The number of hydrogen-bond donors (Lipinski definition) is 0. The molecule has 0 fully saturated rings. The number of rotatable bonds is 2. The normalized spacial score (nSPS) is 11.4. The van der Waals surface area contributed by atoms with Gasteiger partial charge in [-0.1, -0.05) is 29.8 Å². The van der Waals surface area contributed by atoms with Gasteiger partial charge in [-0.25, -0.2) is 12.8 Å². The van der Waals surface area contributed by atoms with Gasteiger partial charge >= 0.3 is 0 Å². The summed E-state index contributed by atoms with van der Waals surface area (Å²) < 4.78 is 37.2. The molecule has 0 bridgehead atoms. The molecule has 0 atom stereocenters. The Balaban J connectivity index is 2.61. The lowest BCUT2D eigenvalue weighted by Crippen LogP contribution is -2.02. The monoisotopic (exact) mass is 270 g/mol. The molecule has 2 aromatic rings. The fraction of sp³-hybridized carbons (Fsp3) is 0. The van der Waals surface area contributed by atoms with Crippen LogP contribution in [-0.4, -0.2) is 8.42 Å². The first-order chi connectivity index (χ1) is 8.01. The average molecular weight is 271 g/mol. The molecule has 2 aromatic carbocycles. The van der Waals surface area contributed by atoms with Gasteiger partial charge in [0.1, 0.15) is 5.82 Å². The summed E-state index contributed by atoms with van der Waals surface area (Å²) in [6.45, 7) is 0. The summed E-state index contributed by atoms with van der Waals surface area (Å²) in [5, 5.41) is -0.117. The summed E-state index contributed by atoms with van der Waals surface area (Å²) in [6, 6.07) is 11.1. The average Bonchev–Trinajstić information content (AvgIpc) is 2.29. The molecule has 0 aliphatic heterocycles. The third-order valence-electron chi connectivity index (χ3n) is 2.24. The van der Waals surface area contributed by atoms with Crippen LogP contribution in [0.25, 0.3) is 0 Å². The second-order valence-corrected chi connectivity index (χ2v) is 5.72. The molecule has 5 heteroatoms. The summed E-state index contributed by atoms with van der Waals surface area (Å²) in [6.07, 6.45) is 0. The van der Waals surface area contributed by atoms with Crippen LogP contribution < -0.4 is 0 Å². The maximum atomic E-state index is 12.9. The highest BCUT2D eigenvalue weighted by Crippen LogP contribution is 2.27. The van der Waals surface area contributed by atoms with Crippen molar-refractivity contribution in [3.63, 3.8) is 0 Å². The molecule has 17 heavy (non-hydrogen) atoms. The third-order valence-corrected chi connectivity index (χ3v) is 4.49. The summed E-state index contributed by atoms with van der Waals surface area (Å²) in [5.74, 6) is -0.568. The highest BCUT2D eigenvalue weighted by Gasteiger charge is 2.20. The Morgan fingerprint density at radius 1 is 1.00 bits per heavy atom. The van der Waals surface area contributed by atoms with Gasteiger partial charge in [0.2, 0.25) is 9.84 Å². The minimum Gasteiger partial charge on any atom is -0.218 e. The molecule has 88 valence electrons. The van der Waals surface area contributed by atoms with Gasteiger partial charge in [-0.3, -0.25) is 0 Å². The van der Waals surface area contributed by atoms with Crippen LogP contribution in [0.5, 0.6) is 0 Å². The van der Waals surface area contributed by atoms with Crippen LogP contribution in [0.1, 0.15) is 0 Å². The number of benzene rings is 2. The lowest BCUT2D eigenvalue weighted by atomic mass is 10.3. The zero-order valence-corrected chi connectivity index (χ0v) is 10.2. The second kappa shape index (κ2) is 4.47. The van der Waals surface area contributed by atoms with Gasteiger partial charge in [0.05, 0.1) is 14.8 Å². The van der Waals surface area contributed by atoms with Crippen molar-refractivity contribution in [2.24, 2.45) is 0 Å². The van der Waals surface area contributed by atoms with Crippen molar-refractivity contribution in [1.82, 2.24) is 0 Å². The van der Waals surface area contributed by atoms with Crippen LogP contribution in [0.15, 0.2) is 58.3 Å². The number of halogens is 2. The van der Waals surface area contributed by atoms with Crippen LogP contribution in [0.3, 0.4) is 0 Å². The van der Waals surface area contributed by atoms with Crippen LogP contribution in [0.4, 0.5) is 4.39 Å². The number of sulfone groups is 1. The van der Waals surface area contributed by atoms with Crippen LogP contribution in [0, 0.1) is 5.82 Å². The molecule has 0 amide bonds. The van der Waals surface area contributed by atoms with E-state index in [4.69, 9.17) is 11.6 Å². The van der Waals surface area contributed by atoms with Crippen molar-refractivity contribution >= 4 is 21.4 Å². The summed E-state index contributed by atoms with van der Waals surface area (Å²) >= 11 is 5.74. The highest BCUT2D eigenvalue weighted by molar-refractivity contribution is 7.91. The Bertz CT molecular complexity index is 639. The van der Waals surface area contributed by atoms with Gasteiger partial charge in [0.25, 0.3) is 0 Å². The Morgan fingerprint density at radius 2 is 1.65 bits per heavy atom. The summed E-state index contributed by atoms with van der Waals surface area (Å²) in [4.78, 5) is 0.0419. The first kappa shape index (κ1) is 12.1. The van der Waals surface area contributed by atoms with Gasteiger partial charge in [-0.05, 0) is 30.3 Å². The zero-order chi connectivity index (χ0) is 12.5. The lowest BCUT2D eigenvalue weighted by molar-refractivity contribution is 0.595. The van der Waals surface area contributed by atoms with Gasteiger partial charge < -0.3 is 0 Å². The van der Waals surface area contributed by atoms with Crippen LogP contribution in [-0.2, 0) is 9.84 Å². The van der Waals surface area contributed by atoms with E-state index in [9.17, 15) is 12.8 Å². The number of hydrogen-bond acceptors (Lipinski definition) is 2. The molecule has 2 rings (SSSR count). The first-order valence-corrected chi connectivity index (χ1v) is 6.63. The minimum absolute atomic E-state index is 0.0910. The Labute approximate surface area is 104 Å². The van der Waals surface area contributed by atoms with E-state index in [1.165, 1.54) is 18.2 Å². The second-order valence-electron chi connectivity index (χ2n) is 3.39. The van der Waals surface area contributed by atoms with E-state index in [0.717, 1.165) is 12.1 Å². The quantitative estimate of drug-likeness (QED) is 0.785. The smallest absolute Gasteiger partial charge is 0.208 e. The van der Waals surface area contributed by atoms with Gasteiger partial charge in [-0.2, -0.15) is 0 Å². The predicted octanol–water partition coefficient (Wildman–Crippen LogP) is 3.31. The van der Waals surface area contributed by atoms with Crippen molar-refractivity contribution in [3.05, 3.63) is 59.4 Å². The van der Waals surface area contributed by atoms with E-state index >= 15 is 0 Å². The van der Waals surface area contributed by atoms with Gasteiger partial charge in [0.15, 0.2) is 0 Å². The maximum absolute atomic E-state index is 12.9. The van der Waals surface area contributed by atoms with Crippen molar-refractivity contribution in [2.45, 2.75) is 9.79 Å². The molecule has 0 radical (unpaired) electrons. The van der Waals surface area contributed by atoms with Crippen molar-refractivity contribution < 1.29 is 12.8 Å². The van der Waals surface area contributed by atoms with Crippen LogP contribution in [0.2, 0.25) is 5.02 Å². The predicted molar refractivity (Wildman–Crippen MR) is 63.3 cm³/mol. The van der Waals surface area contributed by atoms with E-state index in [1.54, 1.807) is 18.2 Å². The Hall–Kier alpha value is -1.39. The van der Waals surface area contributed by atoms with E-state index in [2.05, 4.69) is 0 Å². The van der Waals surface area contributed by atoms with E-state index in [0.29, 0.717) is 0 Å². The molecular formula is C12H8ClFO2S. The van der Waals surface area contributed by atoms with Gasteiger partial charge in [-0.15, -0.1) is 0 Å². The minimum atomic E-state index is -3.69. The molecule has 0 unspecified atom stereocenters. The fourth-order valence-corrected chi connectivity index (χ4v) is 3.22. The Kier molecular flexibility index (Phi) is 3.17. The van der Waals surface area contributed by atoms with E-state index < -0.39 is 15.7 Å². The molecule has 0 saturated carbocycles. The SMILES string of the molecule is O=S(=O)(c1ccccc1)c1ccc(F)cc1Cl. The van der Waals surface area contributed by atoms with Crippen molar-refractivity contribution in [3.8, 4) is 0 Å². The molecule has 0 spiro atoms. The van der Waals surface area contributed by atoms with Gasteiger partial charge in [0, 0.05) is 0 Å². The molecule has 0 saturated heterocycles. The topological polar surface area (TPSA) is 34.1 Å². The van der Waals surface area contributed by atoms with E-state index in [1.807, 2.05) is 0 Å². The molecule has 0 aromatic heterocycles. The third kappa shape index (κ3) is 2.33. The molecule has 0 heterocycles. The molecule has 2 nitrogen and oxygen atoms in total. The lowest BCUT2D eigenvalue weighted by Gasteiger charge is -2.06. The van der Waals surface area contributed by atoms with Crippen LogP contribution >= 0.6 is 11.6 Å². The maximum Gasteiger partial charge on any atom is 0.208 e. The highest BCUT2D eigenvalue weighted by atomic mass is 35.5. The molecular weight excluding hydrogens is 263 g/mol. The molecule has 0 aliphatic rings. The Morgan fingerprint density at radius 3 is 2.24 bits per heavy atom. The standard InChI is InChI=1S/C12H8ClFO2S/c13-11-8-9(14)6-7-12(11)17(15,16)10-4-2-1-3-5-10/h1-8H. The zero-order valence-electron chi connectivity index (χ0n) is 8.60. The largest absolute Gasteiger partial charge is 0.218 e. The van der Waals surface area contributed by atoms with Crippen molar-refractivity contribution in [2.75, 3.05) is 0 Å². The summed E-state index contributed by atoms with van der Waals surface area (Å²) in [7, 11) is -3.69. The molecule has 0 N–H and O–H groups in total. The first-order valence-electron chi connectivity index (χ1n) is 4.77. The molecule has 0 aliphatic carbocycles. The summed E-state index contributed by atoms with van der Waals surface area (Å²) in [5.41, 5.74) is 0. The van der Waals surface area contributed by atoms with Crippen molar-refractivity contribution in [1.29, 1.82) is 0 Å². The fourth-order valence-electron chi connectivity index (χ4n) is 1.42. The van der Waals surface area contributed by atoms with E-state index in [-0.39, 0.29) is 14.8 Å².